The number of aromatic amines is 1. The molecule has 0 aliphatic heterocycles. The molecule has 2 aromatic carbocycles. The van der Waals surface area contributed by atoms with Crippen molar-refractivity contribution in [2.24, 2.45) is 0 Å². The lowest BCUT2D eigenvalue weighted by Gasteiger charge is -2.09. The zero-order chi connectivity index (χ0) is 16.8. The van der Waals surface area contributed by atoms with E-state index in [4.69, 9.17) is 9.47 Å². The van der Waals surface area contributed by atoms with Gasteiger partial charge in [0, 0.05) is 18.0 Å². The van der Waals surface area contributed by atoms with Gasteiger partial charge in [0.1, 0.15) is 11.5 Å². The number of carbonyl (C=O) groups is 1. The van der Waals surface area contributed by atoms with Crippen LogP contribution in [0.25, 0.3) is 11.3 Å². The molecule has 0 fully saturated rings. The molecule has 0 saturated carbocycles. The molecule has 0 aliphatic rings. The molecule has 0 spiro atoms. The summed E-state index contributed by atoms with van der Waals surface area (Å²) in [6.07, 6.45) is 1.70. The van der Waals surface area contributed by atoms with E-state index in [0.717, 1.165) is 11.3 Å². The molecule has 1 aromatic heterocycles. The molecule has 0 radical (unpaired) electrons. The van der Waals surface area contributed by atoms with Crippen LogP contribution in [0, 0.1) is 0 Å². The molecule has 122 valence electrons. The van der Waals surface area contributed by atoms with Crippen LogP contribution in [-0.4, -0.2) is 29.8 Å². The molecule has 3 rings (SSSR count). The van der Waals surface area contributed by atoms with E-state index in [9.17, 15) is 4.79 Å². The highest BCUT2D eigenvalue weighted by Gasteiger charge is 2.05. The Balaban J connectivity index is 1.54. The van der Waals surface area contributed by atoms with Crippen molar-refractivity contribution in [3.05, 3.63) is 60.8 Å². The van der Waals surface area contributed by atoms with E-state index in [2.05, 4.69) is 15.5 Å². The summed E-state index contributed by atoms with van der Waals surface area (Å²) in [6, 6.07) is 16.5. The average Bonchev–Trinajstić information content (AvgIpc) is 3.15. The number of aromatic nitrogens is 2. The number of nitrogens with one attached hydrogen (secondary N) is 2. The monoisotopic (exact) mass is 323 g/mol. The summed E-state index contributed by atoms with van der Waals surface area (Å²) in [6.45, 7) is -0.0739. The second-order valence-corrected chi connectivity index (χ2v) is 5.06. The van der Waals surface area contributed by atoms with Crippen LogP contribution in [0.4, 0.5) is 5.69 Å². The summed E-state index contributed by atoms with van der Waals surface area (Å²) in [4.78, 5) is 12.0. The van der Waals surface area contributed by atoms with Gasteiger partial charge in [-0.15, -0.1) is 0 Å². The van der Waals surface area contributed by atoms with E-state index < -0.39 is 0 Å². The minimum Gasteiger partial charge on any atom is -0.497 e. The molecule has 0 unspecified atom stereocenters. The average molecular weight is 323 g/mol. The number of methoxy groups -OCH3 is 1. The molecule has 1 heterocycles. The Bertz CT molecular complexity index is 799. The fourth-order valence-electron chi connectivity index (χ4n) is 2.19. The van der Waals surface area contributed by atoms with Gasteiger partial charge >= 0.3 is 0 Å². The molecular weight excluding hydrogens is 306 g/mol. The first-order valence-corrected chi connectivity index (χ1v) is 7.41. The molecule has 3 aromatic rings. The third-order valence-corrected chi connectivity index (χ3v) is 3.39. The van der Waals surface area contributed by atoms with Crippen LogP contribution in [0.5, 0.6) is 11.5 Å². The number of rotatable bonds is 6. The van der Waals surface area contributed by atoms with Gasteiger partial charge in [-0.3, -0.25) is 9.89 Å². The lowest BCUT2D eigenvalue weighted by molar-refractivity contribution is -0.118. The van der Waals surface area contributed by atoms with Crippen LogP contribution in [0.3, 0.4) is 0 Å². The van der Waals surface area contributed by atoms with Crippen molar-refractivity contribution in [3.8, 4) is 22.8 Å². The molecule has 1 amide bonds. The van der Waals surface area contributed by atoms with Gasteiger partial charge in [-0.25, -0.2) is 0 Å². The Labute approximate surface area is 139 Å². The SMILES string of the molecule is COc1cccc(OCC(=O)Nc2ccc(-c3ccn[nH]3)cc2)c1. The Morgan fingerprint density at radius 2 is 1.92 bits per heavy atom. The number of carbonyl (C=O) groups excluding carboxylic acids is 1. The molecule has 0 saturated heterocycles. The number of anilines is 1. The fraction of sp³-hybridized carbons (Fsp3) is 0.111. The molecule has 0 aliphatic carbocycles. The van der Waals surface area contributed by atoms with Crippen molar-refractivity contribution < 1.29 is 14.3 Å². The first kappa shape index (κ1) is 15.6. The van der Waals surface area contributed by atoms with E-state index in [1.807, 2.05) is 36.4 Å². The van der Waals surface area contributed by atoms with Gasteiger partial charge in [0.2, 0.25) is 0 Å². The van der Waals surface area contributed by atoms with Crippen LogP contribution in [0.1, 0.15) is 0 Å². The highest BCUT2D eigenvalue weighted by Crippen LogP contribution is 2.20. The summed E-state index contributed by atoms with van der Waals surface area (Å²) < 4.78 is 10.6. The van der Waals surface area contributed by atoms with Crippen LogP contribution < -0.4 is 14.8 Å². The maximum atomic E-state index is 12.0. The predicted octanol–water partition coefficient (Wildman–Crippen LogP) is 3.10. The summed E-state index contributed by atoms with van der Waals surface area (Å²) in [5.74, 6) is 1.04. The van der Waals surface area contributed by atoms with Crippen molar-refractivity contribution in [3.63, 3.8) is 0 Å². The third kappa shape index (κ3) is 3.92. The number of ether oxygens (including phenoxy) is 2. The minimum absolute atomic E-state index is 0.0739. The standard InChI is InChI=1S/C18H17N3O3/c1-23-15-3-2-4-16(11-15)24-12-18(22)20-14-7-5-13(6-8-14)17-9-10-19-21-17/h2-11H,12H2,1H3,(H,19,21)(H,20,22). The van der Waals surface area contributed by atoms with Crippen LogP contribution in [0.15, 0.2) is 60.8 Å². The van der Waals surface area contributed by atoms with Crippen LogP contribution in [-0.2, 0) is 4.79 Å². The lowest BCUT2D eigenvalue weighted by atomic mass is 10.1. The van der Waals surface area contributed by atoms with Gasteiger partial charge in [-0.05, 0) is 35.9 Å². The highest BCUT2D eigenvalue weighted by molar-refractivity contribution is 5.92. The third-order valence-electron chi connectivity index (χ3n) is 3.39. The lowest BCUT2D eigenvalue weighted by Crippen LogP contribution is -2.20. The largest absolute Gasteiger partial charge is 0.497 e. The van der Waals surface area contributed by atoms with E-state index >= 15 is 0 Å². The van der Waals surface area contributed by atoms with Crippen molar-refractivity contribution >= 4 is 11.6 Å². The quantitative estimate of drug-likeness (QED) is 0.731. The van der Waals surface area contributed by atoms with Gasteiger partial charge < -0.3 is 14.8 Å². The van der Waals surface area contributed by atoms with E-state index in [-0.39, 0.29) is 12.5 Å². The van der Waals surface area contributed by atoms with Crippen LogP contribution >= 0.6 is 0 Å². The Morgan fingerprint density at radius 1 is 1.12 bits per heavy atom. The number of H-pyrrole nitrogens is 1. The smallest absolute Gasteiger partial charge is 0.262 e. The molecule has 0 atom stereocenters. The summed E-state index contributed by atoms with van der Waals surface area (Å²) in [5.41, 5.74) is 2.63. The molecule has 0 bridgehead atoms. The number of amides is 1. The zero-order valence-corrected chi connectivity index (χ0v) is 13.2. The van der Waals surface area contributed by atoms with Crippen molar-refractivity contribution in [1.82, 2.24) is 10.2 Å². The molecular formula is C18H17N3O3. The molecule has 6 heteroatoms. The van der Waals surface area contributed by atoms with Gasteiger partial charge in [-0.1, -0.05) is 18.2 Å². The summed E-state index contributed by atoms with van der Waals surface area (Å²) in [7, 11) is 1.58. The first-order valence-electron chi connectivity index (χ1n) is 7.41. The van der Waals surface area contributed by atoms with Crippen molar-refractivity contribution in [2.45, 2.75) is 0 Å². The minimum atomic E-state index is -0.230. The van der Waals surface area contributed by atoms with Gasteiger partial charge in [-0.2, -0.15) is 5.10 Å². The van der Waals surface area contributed by atoms with E-state index in [0.29, 0.717) is 17.2 Å². The maximum Gasteiger partial charge on any atom is 0.262 e. The normalized spacial score (nSPS) is 10.2. The number of benzene rings is 2. The Hall–Kier alpha value is -3.28. The predicted molar refractivity (Wildman–Crippen MR) is 91.1 cm³/mol. The number of nitrogens with zero attached hydrogens (tertiary/aromatic N) is 1. The summed E-state index contributed by atoms with van der Waals surface area (Å²) in [5, 5.41) is 9.60. The Morgan fingerprint density at radius 3 is 2.62 bits per heavy atom. The van der Waals surface area contributed by atoms with Gasteiger partial charge in [0.15, 0.2) is 6.61 Å². The summed E-state index contributed by atoms with van der Waals surface area (Å²) >= 11 is 0. The molecule has 2 N–H and O–H groups in total. The highest BCUT2D eigenvalue weighted by atomic mass is 16.5. The molecule has 6 nitrogen and oxygen atoms in total. The number of hydrogen-bond acceptors (Lipinski definition) is 4. The van der Waals surface area contributed by atoms with Crippen molar-refractivity contribution in [1.29, 1.82) is 0 Å². The second-order valence-electron chi connectivity index (χ2n) is 5.06. The number of hydrogen-bond donors (Lipinski definition) is 2. The van der Waals surface area contributed by atoms with E-state index in [1.54, 1.807) is 31.5 Å². The zero-order valence-electron chi connectivity index (χ0n) is 13.2. The van der Waals surface area contributed by atoms with Crippen molar-refractivity contribution in [2.75, 3.05) is 19.0 Å². The second kappa shape index (κ2) is 7.32. The first-order chi connectivity index (χ1) is 11.7. The van der Waals surface area contributed by atoms with Crippen LogP contribution in [0.2, 0.25) is 0 Å². The van der Waals surface area contributed by atoms with E-state index in [1.165, 1.54) is 0 Å². The fourth-order valence-corrected chi connectivity index (χ4v) is 2.19. The Kier molecular flexibility index (Phi) is 4.76. The maximum absolute atomic E-state index is 12.0. The van der Waals surface area contributed by atoms with Gasteiger partial charge in [0.05, 0.1) is 12.8 Å². The van der Waals surface area contributed by atoms with Gasteiger partial charge in [0.25, 0.3) is 5.91 Å². The molecule has 24 heavy (non-hydrogen) atoms. The topological polar surface area (TPSA) is 76.2 Å².